The van der Waals surface area contributed by atoms with Gasteiger partial charge >= 0.3 is 0 Å². The fourth-order valence-electron chi connectivity index (χ4n) is 2.18. The molecule has 2 N–H and O–H groups in total. The molecule has 94 valence electrons. The quantitative estimate of drug-likeness (QED) is 0.382. The van der Waals surface area contributed by atoms with Crippen molar-refractivity contribution in [1.82, 2.24) is 0 Å². The van der Waals surface area contributed by atoms with Crippen LogP contribution in [0.1, 0.15) is 12.0 Å². The maximum absolute atomic E-state index is 11.9. The molecule has 0 aliphatic carbocycles. The standard InChI is InChI=1S/C12H15N5O/c1-8-2-3-10(13)11(4-8)17-7-9(5-12(17)18)6-15-16-14/h2-4,9H,5-7,13H2,1H3. The highest BCUT2D eigenvalue weighted by atomic mass is 16.2. The van der Waals surface area contributed by atoms with Crippen molar-refractivity contribution >= 4 is 17.3 Å². The third kappa shape index (κ3) is 2.38. The summed E-state index contributed by atoms with van der Waals surface area (Å²) in [7, 11) is 0. The molecule has 1 aromatic rings. The number of nitrogens with two attached hydrogens (primary N) is 1. The highest BCUT2D eigenvalue weighted by molar-refractivity contribution is 5.98. The molecule has 1 amide bonds. The summed E-state index contributed by atoms with van der Waals surface area (Å²) in [6.07, 6.45) is 0.409. The predicted molar refractivity (Wildman–Crippen MR) is 70.1 cm³/mol. The van der Waals surface area contributed by atoms with Gasteiger partial charge < -0.3 is 10.6 Å². The van der Waals surface area contributed by atoms with Crippen LogP contribution in [0.5, 0.6) is 0 Å². The zero-order valence-corrected chi connectivity index (χ0v) is 10.2. The second-order valence-electron chi connectivity index (χ2n) is 4.55. The molecule has 1 aliphatic heterocycles. The molecule has 0 saturated carbocycles. The van der Waals surface area contributed by atoms with Crippen molar-refractivity contribution < 1.29 is 4.79 Å². The van der Waals surface area contributed by atoms with E-state index in [2.05, 4.69) is 10.0 Å². The summed E-state index contributed by atoms with van der Waals surface area (Å²) in [6, 6.07) is 5.62. The average molecular weight is 245 g/mol. The maximum atomic E-state index is 11.9. The Balaban J connectivity index is 2.21. The molecule has 18 heavy (non-hydrogen) atoms. The van der Waals surface area contributed by atoms with Crippen LogP contribution in [0.2, 0.25) is 0 Å². The third-order valence-corrected chi connectivity index (χ3v) is 3.08. The van der Waals surface area contributed by atoms with Crippen molar-refractivity contribution in [2.75, 3.05) is 23.7 Å². The van der Waals surface area contributed by atoms with E-state index in [-0.39, 0.29) is 11.8 Å². The Morgan fingerprint density at radius 3 is 3.11 bits per heavy atom. The molecule has 1 unspecified atom stereocenters. The minimum absolute atomic E-state index is 0.0328. The number of hydrogen-bond donors (Lipinski definition) is 1. The number of azide groups is 1. The fraction of sp³-hybridized carbons (Fsp3) is 0.417. The summed E-state index contributed by atoms with van der Waals surface area (Å²) < 4.78 is 0. The summed E-state index contributed by atoms with van der Waals surface area (Å²) in [5, 5.41) is 3.53. The van der Waals surface area contributed by atoms with Crippen molar-refractivity contribution in [2.24, 2.45) is 11.0 Å². The molecule has 1 atom stereocenters. The molecule has 1 fully saturated rings. The number of carbonyl (C=O) groups is 1. The molecule has 0 bridgehead atoms. The molecule has 1 aromatic carbocycles. The molecule has 1 aliphatic rings. The fourth-order valence-corrected chi connectivity index (χ4v) is 2.18. The Morgan fingerprint density at radius 1 is 1.61 bits per heavy atom. The first-order valence-corrected chi connectivity index (χ1v) is 5.79. The van der Waals surface area contributed by atoms with Crippen molar-refractivity contribution in [3.05, 3.63) is 34.2 Å². The first kappa shape index (κ1) is 12.3. The zero-order chi connectivity index (χ0) is 13.1. The van der Waals surface area contributed by atoms with Gasteiger partial charge in [0, 0.05) is 24.4 Å². The van der Waals surface area contributed by atoms with Gasteiger partial charge in [-0.2, -0.15) is 0 Å². The zero-order valence-electron chi connectivity index (χ0n) is 10.2. The number of anilines is 2. The first-order valence-electron chi connectivity index (χ1n) is 5.79. The Kier molecular flexibility index (Phi) is 3.39. The smallest absolute Gasteiger partial charge is 0.227 e. The van der Waals surface area contributed by atoms with Gasteiger partial charge in [0.1, 0.15) is 0 Å². The van der Waals surface area contributed by atoms with Gasteiger partial charge in [0.25, 0.3) is 0 Å². The van der Waals surface area contributed by atoms with Crippen molar-refractivity contribution in [3.8, 4) is 0 Å². The number of amides is 1. The molecule has 6 heteroatoms. The molecule has 6 nitrogen and oxygen atoms in total. The summed E-state index contributed by atoms with van der Waals surface area (Å²) in [5.74, 6) is 0.110. The van der Waals surface area contributed by atoms with Gasteiger partial charge in [-0.1, -0.05) is 11.2 Å². The number of carbonyl (C=O) groups excluding carboxylic acids is 1. The first-order chi connectivity index (χ1) is 8.61. The minimum atomic E-state index is 0.0328. The van der Waals surface area contributed by atoms with Crippen molar-refractivity contribution in [1.29, 1.82) is 0 Å². The molecule has 0 radical (unpaired) electrons. The minimum Gasteiger partial charge on any atom is -0.397 e. The van der Waals surface area contributed by atoms with Crippen LogP contribution >= 0.6 is 0 Å². The number of rotatable bonds is 3. The van der Waals surface area contributed by atoms with Crippen LogP contribution in [-0.4, -0.2) is 19.0 Å². The summed E-state index contributed by atoms with van der Waals surface area (Å²) in [5.41, 5.74) is 16.6. The van der Waals surface area contributed by atoms with Crippen LogP contribution in [0.15, 0.2) is 23.3 Å². The monoisotopic (exact) mass is 245 g/mol. The van der Waals surface area contributed by atoms with Gasteiger partial charge in [0.05, 0.1) is 11.4 Å². The molecule has 1 saturated heterocycles. The lowest BCUT2D eigenvalue weighted by atomic mass is 10.1. The number of hydrogen-bond acceptors (Lipinski definition) is 3. The second kappa shape index (κ2) is 4.98. The molecule has 1 heterocycles. The molecule has 0 spiro atoms. The van der Waals surface area contributed by atoms with Gasteiger partial charge in [0.2, 0.25) is 5.91 Å². The van der Waals surface area contributed by atoms with Gasteiger partial charge in [-0.15, -0.1) is 0 Å². The van der Waals surface area contributed by atoms with Crippen LogP contribution in [0.4, 0.5) is 11.4 Å². The topological polar surface area (TPSA) is 95.1 Å². The Bertz CT molecular complexity index is 521. The normalized spacial score (nSPS) is 18.8. The van der Waals surface area contributed by atoms with Crippen LogP contribution in [-0.2, 0) is 4.79 Å². The lowest BCUT2D eigenvalue weighted by molar-refractivity contribution is -0.117. The van der Waals surface area contributed by atoms with E-state index in [0.717, 1.165) is 11.3 Å². The van der Waals surface area contributed by atoms with Gasteiger partial charge in [-0.05, 0) is 36.1 Å². The number of nitrogen functional groups attached to an aromatic ring is 1. The van der Waals surface area contributed by atoms with E-state index in [9.17, 15) is 4.79 Å². The van der Waals surface area contributed by atoms with Gasteiger partial charge in [-0.25, -0.2) is 0 Å². The number of nitrogens with zero attached hydrogens (tertiary/aromatic N) is 4. The maximum Gasteiger partial charge on any atom is 0.227 e. The van der Waals surface area contributed by atoms with Gasteiger partial charge in [-0.3, -0.25) is 4.79 Å². The predicted octanol–water partition coefficient (Wildman–Crippen LogP) is 2.24. The van der Waals surface area contributed by atoms with Crippen LogP contribution in [0, 0.1) is 12.8 Å². The lowest BCUT2D eigenvalue weighted by Crippen LogP contribution is -2.25. The Morgan fingerprint density at radius 2 is 2.39 bits per heavy atom. The molecule has 2 rings (SSSR count). The van der Waals surface area contributed by atoms with E-state index >= 15 is 0 Å². The second-order valence-corrected chi connectivity index (χ2v) is 4.55. The Labute approximate surface area is 105 Å². The highest BCUT2D eigenvalue weighted by Gasteiger charge is 2.30. The van der Waals surface area contributed by atoms with Crippen LogP contribution < -0.4 is 10.6 Å². The van der Waals surface area contributed by atoms with E-state index in [1.807, 2.05) is 19.1 Å². The summed E-state index contributed by atoms with van der Waals surface area (Å²) >= 11 is 0. The molecular formula is C12H15N5O. The van der Waals surface area contributed by atoms with E-state index in [1.54, 1.807) is 11.0 Å². The van der Waals surface area contributed by atoms with E-state index in [0.29, 0.717) is 25.2 Å². The highest BCUT2D eigenvalue weighted by Crippen LogP contribution is 2.30. The molecule has 0 aromatic heterocycles. The SMILES string of the molecule is Cc1ccc(N)c(N2CC(CN=[N+]=[N-])CC2=O)c1. The number of benzene rings is 1. The average Bonchev–Trinajstić information content (AvgIpc) is 2.71. The summed E-state index contributed by atoms with van der Waals surface area (Å²) in [6.45, 7) is 2.87. The Hall–Kier alpha value is -2.20. The van der Waals surface area contributed by atoms with Crippen molar-refractivity contribution in [2.45, 2.75) is 13.3 Å². The third-order valence-electron chi connectivity index (χ3n) is 3.08. The summed E-state index contributed by atoms with van der Waals surface area (Å²) in [4.78, 5) is 16.4. The lowest BCUT2D eigenvalue weighted by Gasteiger charge is -2.19. The van der Waals surface area contributed by atoms with Crippen molar-refractivity contribution in [3.63, 3.8) is 0 Å². The largest absolute Gasteiger partial charge is 0.397 e. The van der Waals surface area contributed by atoms with Gasteiger partial charge in [0.15, 0.2) is 0 Å². The van der Waals surface area contributed by atoms with Crippen LogP contribution in [0.25, 0.3) is 10.4 Å². The van der Waals surface area contributed by atoms with E-state index in [1.165, 1.54) is 0 Å². The number of aryl methyl sites for hydroxylation is 1. The van der Waals surface area contributed by atoms with E-state index < -0.39 is 0 Å². The molecular weight excluding hydrogens is 230 g/mol. The van der Waals surface area contributed by atoms with Crippen LogP contribution in [0.3, 0.4) is 0 Å². The van der Waals surface area contributed by atoms with E-state index in [4.69, 9.17) is 11.3 Å².